The molecular formula is C13H28S2. The average Bonchev–Trinajstić information content (AvgIpc) is 2.24. The molecule has 0 saturated carbocycles. The Morgan fingerprint density at radius 2 is 1.53 bits per heavy atom. The van der Waals surface area contributed by atoms with Crippen LogP contribution in [0.4, 0.5) is 0 Å². The summed E-state index contributed by atoms with van der Waals surface area (Å²) in [5.41, 5.74) is 0. The summed E-state index contributed by atoms with van der Waals surface area (Å²) in [6.45, 7) is 4.66. The van der Waals surface area contributed by atoms with E-state index in [1.54, 1.807) is 0 Å². The Morgan fingerprint density at radius 3 is 1.93 bits per heavy atom. The zero-order valence-electron chi connectivity index (χ0n) is 10.9. The molecule has 0 saturated heterocycles. The summed E-state index contributed by atoms with van der Waals surface area (Å²) >= 11 is 4.03. The maximum atomic E-state index is 2.36. The van der Waals surface area contributed by atoms with Crippen LogP contribution in [0.1, 0.15) is 46.0 Å². The number of unbranched alkanes of at least 4 members (excludes halogenated alkanes) is 1. The monoisotopic (exact) mass is 248 g/mol. The molecule has 0 fully saturated rings. The normalized spacial score (nSPS) is 13.4. The van der Waals surface area contributed by atoms with Gasteiger partial charge < -0.3 is 0 Å². The summed E-state index contributed by atoms with van der Waals surface area (Å²) < 4.78 is 0. The summed E-state index contributed by atoms with van der Waals surface area (Å²) in [6, 6.07) is 0. The van der Waals surface area contributed by atoms with Crippen molar-refractivity contribution in [1.82, 2.24) is 0 Å². The molecule has 92 valence electrons. The summed E-state index contributed by atoms with van der Waals surface area (Å²) in [4.78, 5) is 0. The highest BCUT2D eigenvalue weighted by molar-refractivity contribution is 7.99. The molecule has 0 amide bonds. The van der Waals surface area contributed by atoms with Crippen molar-refractivity contribution in [3.63, 3.8) is 0 Å². The smallest absolute Gasteiger partial charge is 0.00339 e. The summed E-state index contributed by atoms with van der Waals surface area (Å²) in [5.74, 6) is 4.62. The predicted molar refractivity (Wildman–Crippen MR) is 78.2 cm³/mol. The molecule has 0 aliphatic carbocycles. The van der Waals surface area contributed by atoms with E-state index >= 15 is 0 Å². The van der Waals surface area contributed by atoms with Gasteiger partial charge in [-0.1, -0.05) is 39.5 Å². The fourth-order valence-corrected chi connectivity index (χ4v) is 3.71. The molecule has 0 N–H and O–H groups in total. The van der Waals surface area contributed by atoms with Gasteiger partial charge in [-0.05, 0) is 42.3 Å². The molecule has 0 aromatic rings. The lowest BCUT2D eigenvalue weighted by Gasteiger charge is -2.21. The molecule has 0 rings (SSSR count). The molecule has 0 nitrogen and oxygen atoms in total. The van der Waals surface area contributed by atoms with Crippen LogP contribution in [0.25, 0.3) is 0 Å². The lowest BCUT2D eigenvalue weighted by molar-refractivity contribution is 0.372. The molecular weight excluding hydrogens is 220 g/mol. The van der Waals surface area contributed by atoms with Crippen molar-refractivity contribution in [3.8, 4) is 0 Å². The minimum absolute atomic E-state index is 0.941. The van der Waals surface area contributed by atoms with Gasteiger partial charge in [-0.2, -0.15) is 23.5 Å². The van der Waals surface area contributed by atoms with Crippen molar-refractivity contribution in [2.45, 2.75) is 46.0 Å². The number of hydrogen-bond donors (Lipinski definition) is 0. The molecule has 0 spiro atoms. The predicted octanol–water partition coefficient (Wildman–Crippen LogP) is 4.94. The fraction of sp³-hybridized carbons (Fsp3) is 1.00. The van der Waals surface area contributed by atoms with E-state index in [4.69, 9.17) is 0 Å². The van der Waals surface area contributed by atoms with Crippen LogP contribution in [-0.4, -0.2) is 24.0 Å². The molecule has 0 aromatic heterocycles. The molecule has 0 aliphatic heterocycles. The van der Waals surface area contributed by atoms with Crippen molar-refractivity contribution in [1.29, 1.82) is 0 Å². The van der Waals surface area contributed by atoms with Crippen LogP contribution in [0.15, 0.2) is 0 Å². The quantitative estimate of drug-likeness (QED) is 0.537. The van der Waals surface area contributed by atoms with Crippen LogP contribution in [0.2, 0.25) is 0 Å². The van der Waals surface area contributed by atoms with Gasteiger partial charge in [0.25, 0.3) is 0 Å². The van der Waals surface area contributed by atoms with Gasteiger partial charge in [0.2, 0.25) is 0 Å². The Hall–Kier alpha value is 0.700. The molecule has 2 heteroatoms. The third kappa shape index (κ3) is 8.50. The Labute approximate surface area is 105 Å². The molecule has 1 unspecified atom stereocenters. The standard InChI is InChI=1S/C13H28S2/c1-5-7-8-12(6-2)9-13(10-14-3)11-15-4/h12-13H,5-11H2,1-4H3. The van der Waals surface area contributed by atoms with Gasteiger partial charge in [0.05, 0.1) is 0 Å². The van der Waals surface area contributed by atoms with Crippen LogP contribution in [-0.2, 0) is 0 Å². The van der Waals surface area contributed by atoms with Crippen LogP contribution < -0.4 is 0 Å². The van der Waals surface area contributed by atoms with E-state index in [2.05, 4.69) is 26.4 Å². The van der Waals surface area contributed by atoms with Gasteiger partial charge in [-0.3, -0.25) is 0 Å². The number of hydrogen-bond acceptors (Lipinski definition) is 2. The van der Waals surface area contributed by atoms with Gasteiger partial charge in [0.1, 0.15) is 0 Å². The van der Waals surface area contributed by atoms with E-state index in [1.807, 2.05) is 23.5 Å². The van der Waals surface area contributed by atoms with Gasteiger partial charge >= 0.3 is 0 Å². The Balaban J connectivity index is 3.85. The van der Waals surface area contributed by atoms with Gasteiger partial charge in [0, 0.05) is 0 Å². The minimum Gasteiger partial charge on any atom is -0.165 e. The topological polar surface area (TPSA) is 0 Å². The van der Waals surface area contributed by atoms with E-state index in [1.165, 1.54) is 43.6 Å². The first-order valence-corrected chi connectivity index (χ1v) is 9.05. The third-order valence-corrected chi connectivity index (χ3v) is 4.62. The first-order valence-electron chi connectivity index (χ1n) is 6.26. The lowest BCUT2D eigenvalue weighted by Crippen LogP contribution is -2.13. The van der Waals surface area contributed by atoms with Gasteiger partial charge in [0.15, 0.2) is 0 Å². The highest BCUT2D eigenvalue weighted by Crippen LogP contribution is 2.25. The summed E-state index contributed by atoms with van der Waals surface area (Å²) in [7, 11) is 0. The second-order valence-electron chi connectivity index (χ2n) is 4.43. The Kier molecular flexibility index (Phi) is 11.7. The Morgan fingerprint density at radius 1 is 0.933 bits per heavy atom. The van der Waals surface area contributed by atoms with Gasteiger partial charge in [-0.25, -0.2) is 0 Å². The van der Waals surface area contributed by atoms with Crippen molar-refractivity contribution >= 4 is 23.5 Å². The van der Waals surface area contributed by atoms with E-state index in [-0.39, 0.29) is 0 Å². The van der Waals surface area contributed by atoms with E-state index in [0.29, 0.717) is 0 Å². The molecule has 0 radical (unpaired) electrons. The van der Waals surface area contributed by atoms with Crippen molar-refractivity contribution in [3.05, 3.63) is 0 Å². The highest BCUT2D eigenvalue weighted by atomic mass is 32.2. The van der Waals surface area contributed by atoms with Crippen molar-refractivity contribution in [2.24, 2.45) is 11.8 Å². The molecule has 1 atom stereocenters. The molecule has 0 aliphatic rings. The number of thioether (sulfide) groups is 2. The summed E-state index contributed by atoms with van der Waals surface area (Å²) in [6.07, 6.45) is 11.5. The number of rotatable bonds is 10. The summed E-state index contributed by atoms with van der Waals surface area (Å²) in [5, 5.41) is 0. The lowest BCUT2D eigenvalue weighted by atomic mass is 9.90. The van der Waals surface area contributed by atoms with Crippen molar-refractivity contribution in [2.75, 3.05) is 24.0 Å². The minimum atomic E-state index is 0.941. The third-order valence-electron chi connectivity index (χ3n) is 3.01. The fourth-order valence-electron chi connectivity index (χ4n) is 2.11. The van der Waals surface area contributed by atoms with Gasteiger partial charge in [-0.15, -0.1) is 0 Å². The SMILES string of the molecule is CCCCC(CC)CC(CSC)CSC. The zero-order valence-corrected chi connectivity index (χ0v) is 12.6. The molecule has 0 heterocycles. The Bertz CT molecular complexity index is 120. The zero-order chi connectivity index (χ0) is 11.5. The van der Waals surface area contributed by atoms with E-state index < -0.39 is 0 Å². The maximum absolute atomic E-state index is 2.36. The van der Waals surface area contributed by atoms with Crippen LogP contribution in [0, 0.1) is 11.8 Å². The second kappa shape index (κ2) is 11.2. The second-order valence-corrected chi connectivity index (χ2v) is 6.25. The molecule has 15 heavy (non-hydrogen) atoms. The highest BCUT2D eigenvalue weighted by Gasteiger charge is 2.14. The van der Waals surface area contributed by atoms with Crippen molar-refractivity contribution < 1.29 is 0 Å². The molecule has 0 bridgehead atoms. The first kappa shape index (κ1) is 15.7. The van der Waals surface area contributed by atoms with Crippen LogP contribution in [0.5, 0.6) is 0 Å². The molecule has 0 aromatic carbocycles. The first-order chi connectivity index (χ1) is 7.28. The maximum Gasteiger partial charge on any atom is -0.00339 e. The van der Waals surface area contributed by atoms with Crippen LogP contribution >= 0.6 is 23.5 Å². The largest absolute Gasteiger partial charge is 0.165 e. The average molecular weight is 249 g/mol. The van der Waals surface area contributed by atoms with E-state index in [9.17, 15) is 0 Å². The van der Waals surface area contributed by atoms with E-state index in [0.717, 1.165) is 11.8 Å². The van der Waals surface area contributed by atoms with Crippen LogP contribution in [0.3, 0.4) is 0 Å².